The van der Waals surface area contributed by atoms with Crippen LogP contribution in [0.4, 0.5) is 10.1 Å². The normalized spacial score (nSPS) is 15.5. The SMILES string of the molecule is COc1ccc(N2CCN(C(=O)C[NH+](C)Cc3ccc(F)cc3)CC2)cc1. The summed E-state index contributed by atoms with van der Waals surface area (Å²) in [4.78, 5) is 17.9. The van der Waals surface area contributed by atoms with Gasteiger partial charge >= 0.3 is 0 Å². The van der Waals surface area contributed by atoms with Gasteiger partial charge < -0.3 is 19.4 Å². The van der Waals surface area contributed by atoms with Crippen molar-refractivity contribution in [3.8, 4) is 5.75 Å². The van der Waals surface area contributed by atoms with Crippen LogP contribution in [0.25, 0.3) is 0 Å². The minimum Gasteiger partial charge on any atom is -0.497 e. The highest BCUT2D eigenvalue weighted by atomic mass is 19.1. The molecule has 1 N–H and O–H groups in total. The summed E-state index contributed by atoms with van der Waals surface area (Å²) >= 11 is 0. The van der Waals surface area contributed by atoms with E-state index in [4.69, 9.17) is 4.74 Å². The molecule has 1 amide bonds. The third-order valence-corrected chi connectivity index (χ3v) is 4.94. The summed E-state index contributed by atoms with van der Waals surface area (Å²) in [6.45, 7) is 4.27. The minimum atomic E-state index is -0.234. The number of nitrogens with one attached hydrogen (secondary N) is 1. The number of methoxy groups -OCH3 is 1. The molecule has 1 aliphatic heterocycles. The van der Waals surface area contributed by atoms with Gasteiger partial charge in [-0.05, 0) is 36.4 Å². The second kappa shape index (κ2) is 8.86. The van der Waals surface area contributed by atoms with Crippen LogP contribution in [-0.4, -0.2) is 57.7 Å². The number of carbonyl (C=O) groups excluding carboxylic acids is 1. The minimum absolute atomic E-state index is 0.170. The Balaban J connectivity index is 1.46. The number of piperazine rings is 1. The topological polar surface area (TPSA) is 37.2 Å². The second-order valence-electron chi connectivity index (χ2n) is 7.00. The standard InChI is InChI=1S/C21H26FN3O2/c1-23(15-17-3-5-18(22)6-4-17)16-21(26)25-13-11-24(12-14-25)19-7-9-20(27-2)10-8-19/h3-10H,11-16H2,1-2H3/p+1. The smallest absolute Gasteiger partial charge is 0.277 e. The van der Waals surface area contributed by atoms with Crippen LogP contribution in [0.2, 0.25) is 0 Å². The zero-order valence-corrected chi connectivity index (χ0v) is 16.0. The molecule has 27 heavy (non-hydrogen) atoms. The number of quaternary nitrogens is 1. The zero-order valence-electron chi connectivity index (χ0n) is 16.0. The molecule has 1 fully saturated rings. The molecule has 0 bridgehead atoms. The van der Waals surface area contributed by atoms with Gasteiger partial charge in [0.25, 0.3) is 5.91 Å². The highest BCUT2D eigenvalue weighted by Crippen LogP contribution is 2.20. The molecule has 0 aromatic heterocycles. The lowest BCUT2D eigenvalue weighted by Crippen LogP contribution is -3.09. The van der Waals surface area contributed by atoms with Crippen LogP contribution in [0.3, 0.4) is 0 Å². The van der Waals surface area contributed by atoms with Crippen molar-refractivity contribution < 1.29 is 18.8 Å². The number of benzene rings is 2. The van der Waals surface area contributed by atoms with E-state index in [0.717, 1.165) is 48.1 Å². The summed E-state index contributed by atoms with van der Waals surface area (Å²) in [5.74, 6) is 0.783. The lowest BCUT2D eigenvalue weighted by molar-refractivity contribution is -0.885. The first-order valence-electron chi connectivity index (χ1n) is 9.27. The fourth-order valence-corrected chi connectivity index (χ4v) is 3.39. The molecule has 0 spiro atoms. The Bertz CT molecular complexity index is 741. The maximum atomic E-state index is 13.0. The molecule has 1 saturated heterocycles. The van der Waals surface area contributed by atoms with Crippen LogP contribution in [0, 0.1) is 5.82 Å². The number of ether oxygens (including phenoxy) is 1. The molecule has 1 aliphatic rings. The number of hydrogen-bond donors (Lipinski definition) is 1. The molecule has 3 rings (SSSR count). The molecule has 0 saturated carbocycles. The zero-order chi connectivity index (χ0) is 19.2. The largest absolute Gasteiger partial charge is 0.497 e. The van der Waals surface area contributed by atoms with Gasteiger partial charge in [0.05, 0.1) is 14.2 Å². The van der Waals surface area contributed by atoms with Crippen molar-refractivity contribution >= 4 is 11.6 Å². The van der Waals surface area contributed by atoms with E-state index in [1.807, 2.05) is 24.1 Å². The summed E-state index contributed by atoms with van der Waals surface area (Å²) in [6.07, 6.45) is 0. The van der Waals surface area contributed by atoms with Crippen molar-refractivity contribution in [2.24, 2.45) is 0 Å². The van der Waals surface area contributed by atoms with Crippen LogP contribution in [0.15, 0.2) is 48.5 Å². The quantitative estimate of drug-likeness (QED) is 0.828. The fourth-order valence-electron chi connectivity index (χ4n) is 3.39. The van der Waals surface area contributed by atoms with Crippen LogP contribution in [0.5, 0.6) is 5.75 Å². The third kappa shape index (κ3) is 5.20. The Morgan fingerprint density at radius 2 is 1.67 bits per heavy atom. The van der Waals surface area contributed by atoms with Crippen molar-refractivity contribution in [3.05, 3.63) is 59.9 Å². The number of amides is 1. The molecular weight excluding hydrogens is 345 g/mol. The third-order valence-electron chi connectivity index (χ3n) is 4.94. The first-order valence-corrected chi connectivity index (χ1v) is 9.27. The predicted octanol–water partition coefficient (Wildman–Crippen LogP) is 1.20. The van der Waals surface area contributed by atoms with Crippen LogP contribution >= 0.6 is 0 Å². The van der Waals surface area contributed by atoms with Crippen LogP contribution in [-0.2, 0) is 11.3 Å². The monoisotopic (exact) mass is 372 g/mol. The number of rotatable bonds is 6. The summed E-state index contributed by atoms with van der Waals surface area (Å²) in [5, 5.41) is 0. The molecule has 144 valence electrons. The summed E-state index contributed by atoms with van der Waals surface area (Å²) in [5.41, 5.74) is 2.19. The van der Waals surface area contributed by atoms with Gasteiger partial charge in [0.2, 0.25) is 0 Å². The van der Waals surface area contributed by atoms with E-state index in [0.29, 0.717) is 13.1 Å². The van der Waals surface area contributed by atoms with Gasteiger partial charge in [-0.15, -0.1) is 0 Å². The Kier molecular flexibility index (Phi) is 6.29. The number of halogens is 1. The average Bonchev–Trinajstić information content (AvgIpc) is 2.70. The summed E-state index contributed by atoms with van der Waals surface area (Å²) in [7, 11) is 3.66. The summed E-state index contributed by atoms with van der Waals surface area (Å²) < 4.78 is 18.2. The number of likely N-dealkylation sites (N-methyl/N-ethyl adjacent to an activating group) is 1. The molecule has 1 atom stereocenters. The Labute approximate surface area is 159 Å². The molecule has 1 unspecified atom stereocenters. The lowest BCUT2D eigenvalue weighted by Gasteiger charge is -2.36. The average molecular weight is 372 g/mol. The highest BCUT2D eigenvalue weighted by molar-refractivity contribution is 5.77. The molecule has 5 nitrogen and oxygen atoms in total. The first kappa shape index (κ1) is 19.2. The molecule has 2 aromatic rings. The van der Waals surface area contributed by atoms with E-state index in [-0.39, 0.29) is 11.7 Å². The summed E-state index contributed by atoms with van der Waals surface area (Å²) in [6, 6.07) is 14.5. The van der Waals surface area contributed by atoms with E-state index < -0.39 is 0 Å². The molecule has 0 aliphatic carbocycles. The highest BCUT2D eigenvalue weighted by Gasteiger charge is 2.23. The van der Waals surface area contributed by atoms with E-state index in [1.54, 1.807) is 19.2 Å². The molecule has 1 heterocycles. The van der Waals surface area contributed by atoms with Crippen molar-refractivity contribution in [1.82, 2.24) is 4.90 Å². The number of nitrogens with zero attached hydrogens (tertiary/aromatic N) is 2. The van der Waals surface area contributed by atoms with Crippen molar-refractivity contribution in [3.63, 3.8) is 0 Å². The molecule has 2 aromatic carbocycles. The van der Waals surface area contributed by atoms with E-state index in [9.17, 15) is 9.18 Å². The van der Waals surface area contributed by atoms with Crippen LogP contribution < -0.4 is 14.5 Å². The van der Waals surface area contributed by atoms with Crippen molar-refractivity contribution in [1.29, 1.82) is 0 Å². The van der Waals surface area contributed by atoms with Gasteiger partial charge in [-0.3, -0.25) is 4.79 Å². The Hall–Kier alpha value is -2.60. The van der Waals surface area contributed by atoms with Gasteiger partial charge in [0.1, 0.15) is 18.1 Å². The van der Waals surface area contributed by atoms with Crippen molar-refractivity contribution in [2.45, 2.75) is 6.54 Å². The Morgan fingerprint density at radius 1 is 1.04 bits per heavy atom. The van der Waals surface area contributed by atoms with Crippen molar-refractivity contribution in [2.75, 3.05) is 51.8 Å². The number of carbonyl (C=O) groups is 1. The van der Waals surface area contributed by atoms with Gasteiger partial charge in [0.15, 0.2) is 6.54 Å². The van der Waals surface area contributed by atoms with E-state index >= 15 is 0 Å². The lowest BCUT2D eigenvalue weighted by atomic mass is 10.2. The molecular formula is C21H27FN3O2+. The molecule has 6 heteroatoms. The second-order valence-corrected chi connectivity index (χ2v) is 7.00. The predicted molar refractivity (Wildman–Crippen MR) is 104 cm³/mol. The maximum absolute atomic E-state index is 13.0. The van der Waals surface area contributed by atoms with E-state index in [1.165, 1.54) is 12.1 Å². The fraction of sp³-hybridized carbons (Fsp3) is 0.381. The number of hydrogen-bond acceptors (Lipinski definition) is 3. The van der Waals surface area contributed by atoms with Gasteiger partial charge in [-0.1, -0.05) is 12.1 Å². The van der Waals surface area contributed by atoms with Gasteiger partial charge in [-0.2, -0.15) is 0 Å². The maximum Gasteiger partial charge on any atom is 0.277 e. The Morgan fingerprint density at radius 3 is 2.26 bits per heavy atom. The first-order chi connectivity index (χ1) is 13.0. The van der Waals surface area contributed by atoms with Gasteiger partial charge in [-0.25, -0.2) is 4.39 Å². The van der Waals surface area contributed by atoms with E-state index in [2.05, 4.69) is 17.0 Å². The molecule has 0 radical (unpaired) electrons. The number of anilines is 1. The van der Waals surface area contributed by atoms with Gasteiger partial charge in [0, 0.05) is 37.4 Å². The van der Waals surface area contributed by atoms with Crippen LogP contribution in [0.1, 0.15) is 5.56 Å².